The summed E-state index contributed by atoms with van der Waals surface area (Å²) in [6.45, 7) is 5.26. The van der Waals surface area contributed by atoms with Gasteiger partial charge in [0.05, 0.1) is 27.7 Å². The Bertz CT molecular complexity index is 1020. The molecule has 152 valence electrons. The molecule has 4 rings (SSSR count). The van der Waals surface area contributed by atoms with Crippen LogP contribution in [0.5, 0.6) is 0 Å². The second-order valence-electron chi connectivity index (χ2n) is 7.47. The topological polar surface area (TPSA) is 77.3 Å². The highest BCUT2D eigenvalue weighted by Gasteiger charge is 2.22. The molecule has 1 aliphatic rings. The van der Waals surface area contributed by atoms with Gasteiger partial charge < -0.3 is 9.64 Å². The molecule has 29 heavy (non-hydrogen) atoms. The molecular formula is C21H24N4O3S. The molecule has 0 N–H and O–H groups in total. The molecule has 4 heterocycles. The van der Waals surface area contributed by atoms with Gasteiger partial charge in [0, 0.05) is 19.1 Å². The van der Waals surface area contributed by atoms with Gasteiger partial charge in [-0.25, -0.2) is 14.5 Å². The lowest BCUT2D eigenvalue weighted by Gasteiger charge is -2.26. The lowest BCUT2D eigenvalue weighted by atomic mass is 10.1. The number of carbonyl (C=O) groups excluding carboxylic acids is 2. The monoisotopic (exact) mass is 412 g/mol. The van der Waals surface area contributed by atoms with Crippen LogP contribution in [0.25, 0.3) is 21.6 Å². The number of carbonyl (C=O) groups is 2. The predicted octanol–water partition coefficient (Wildman–Crippen LogP) is 3.91. The van der Waals surface area contributed by atoms with E-state index in [-0.39, 0.29) is 18.6 Å². The first-order valence-corrected chi connectivity index (χ1v) is 10.8. The molecule has 3 aromatic rings. The standard InChI is InChI=1S/C21H24N4O3S/c1-14(2)25-20-16(12-22-25)15(11-17(23-20)18-7-6-10-29-18)21(27)28-13-19(26)24-8-4-3-5-9-24/h6-7,10-12,14H,3-5,8-9,13H2,1-2H3. The third kappa shape index (κ3) is 4.03. The van der Waals surface area contributed by atoms with E-state index in [1.54, 1.807) is 33.2 Å². The van der Waals surface area contributed by atoms with E-state index in [4.69, 9.17) is 9.72 Å². The van der Waals surface area contributed by atoms with E-state index >= 15 is 0 Å². The second-order valence-corrected chi connectivity index (χ2v) is 8.42. The number of likely N-dealkylation sites (tertiary alicyclic amines) is 1. The fraction of sp³-hybridized carbons (Fsp3) is 0.429. The molecule has 0 unspecified atom stereocenters. The van der Waals surface area contributed by atoms with Gasteiger partial charge in [0.25, 0.3) is 5.91 Å². The Kier molecular flexibility index (Phi) is 5.62. The van der Waals surface area contributed by atoms with Crippen LogP contribution < -0.4 is 0 Å². The number of nitrogens with zero attached hydrogens (tertiary/aromatic N) is 4. The average Bonchev–Trinajstić information content (AvgIpc) is 3.41. The molecule has 7 nitrogen and oxygen atoms in total. The van der Waals surface area contributed by atoms with Crippen LogP contribution in [0.15, 0.2) is 29.8 Å². The number of rotatable bonds is 5. The number of ether oxygens (including phenoxy) is 1. The minimum Gasteiger partial charge on any atom is -0.452 e. The van der Waals surface area contributed by atoms with Crippen LogP contribution in [0.2, 0.25) is 0 Å². The van der Waals surface area contributed by atoms with Gasteiger partial charge in [0.15, 0.2) is 12.3 Å². The van der Waals surface area contributed by atoms with Crippen LogP contribution >= 0.6 is 11.3 Å². The molecule has 0 spiro atoms. The van der Waals surface area contributed by atoms with Gasteiger partial charge in [0.1, 0.15) is 0 Å². The van der Waals surface area contributed by atoms with Crippen LogP contribution in [0.3, 0.4) is 0 Å². The Labute approximate surface area is 173 Å². The van der Waals surface area contributed by atoms with Crippen molar-refractivity contribution in [2.45, 2.75) is 39.2 Å². The van der Waals surface area contributed by atoms with E-state index in [2.05, 4.69) is 5.10 Å². The summed E-state index contributed by atoms with van der Waals surface area (Å²) in [6, 6.07) is 5.74. The smallest absolute Gasteiger partial charge is 0.339 e. The molecule has 3 aromatic heterocycles. The molecule has 1 fully saturated rings. The number of pyridine rings is 1. The van der Waals surface area contributed by atoms with E-state index in [0.717, 1.165) is 37.2 Å². The van der Waals surface area contributed by atoms with Crippen LogP contribution in [0, 0.1) is 0 Å². The van der Waals surface area contributed by atoms with Crippen molar-refractivity contribution in [3.8, 4) is 10.6 Å². The second kappa shape index (κ2) is 8.32. The van der Waals surface area contributed by atoms with Gasteiger partial charge in [-0.2, -0.15) is 5.10 Å². The van der Waals surface area contributed by atoms with E-state index < -0.39 is 5.97 Å². The molecule has 0 aliphatic carbocycles. The van der Waals surface area contributed by atoms with Crippen molar-refractivity contribution < 1.29 is 14.3 Å². The van der Waals surface area contributed by atoms with Crippen molar-refractivity contribution in [2.75, 3.05) is 19.7 Å². The summed E-state index contributed by atoms with van der Waals surface area (Å²) in [5, 5.41) is 7.01. The summed E-state index contributed by atoms with van der Waals surface area (Å²) in [7, 11) is 0. The summed E-state index contributed by atoms with van der Waals surface area (Å²) < 4.78 is 7.20. The number of hydrogen-bond donors (Lipinski definition) is 0. The maximum Gasteiger partial charge on any atom is 0.339 e. The zero-order valence-corrected chi connectivity index (χ0v) is 17.4. The van der Waals surface area contributed by atoms with Crippen LogP contribution in [0.4, 0.5) is 0 Å². The van der Waals surface area contributed by atoms with Crippen molar-refractivity contribution in [1.82, 2.24) is 19.7 Å². The normalized spacial score (nSPS) is 14.5. The van der Waals surface area contributed by atoms with Gasteiger partial charge in [-0.3, -0.25) is 4.79 Å². The highest BCUT2D eigenvalue weighted by Crippen LogP contribution is 2.29. The van der Waals surface area contributed by atoms with Gasteiger partial charge in [-0.15, -0.1) is 11.3 Å². The van der Waals surface area contributed by atoms with E-state index in [9.17, 15) is 9.59 Å². The Morgan fingerprint density at radius 1 is 1.24 bits per heavy atom. The molecular weight excluding hydrogens is 388 g/mol. The first-order chi connectivity index (χ1) is 14.0. The summed E-state index contributed by atoms with van der Waals surface area (Å²) in [4.78, 5) is 32.7. The Hall–Kier alpha value is -2.74. The predicted molar refractivity (Wildman–Crippen MR) is 112 cm³/mol. The van der Waals surface area contributed by atoms with Gasteiger partial charge in [-0.1, -0.05) is 6.07 Å². The number of esters is 1. The van der Waals surface area contributed by atoms with Crippen LogP contribution in [-0.2, 0) is 9.53 Å². The summed E-state index contributed by atoms with van der Waals surface area (Å²) >= 11 is 1.55. The van der Waals surface area contributed by atoms with E-state index in [0.29, 0.717) is 22.3 Å². The zero-order chi connectivity index (χ0) is 20.4. The van der Waals surface area contributed by atoms with Crippen molar-refractivity contribution in [2.24, 2.45) is 0 Å². The quantitative estimate of drug-likeness (QED) is 0.594. The Balaban J connectivity index is 1.63. The minimum absolute atomic E-state index is 0.100. The SMILES string of the molecule is CC(C)n1ncc2c(C(=O)OCC(=O)N3CCCCC3)cc(-c3cccs3)nc21. The zero-order valence-electron chi connectivity index (χ0n) is 16.6. The van der Waals surface area contributed by atoms with E-state index in [1.807, 2.05) is 31.4 Å². The van der Waals surface area contributed by atoms with Crippen LogP contribution in [0.1, 0.15) is 49.5 Å². The first-order valence-electron chi connectivity index (χ1n) is 9.91. The highest BCUT2D eigenvalue weighted by atomic mass is 32.1. The average molecular weight is 413 g/mol. The molecule has 0 aromatic carbocycles. The molecule has 8 heteroatoms. The maximum atomic E-state index is 12.9. The number of hydrogen-bond acceptors (Lipinski definition) is 6. The molecule has 0 radical (unpaired) electrons. The molecule has 1 amide bonds. The number of thiophene rings is 1. The van der Waals surface area contributed by atoms with Gasteiger partial charge >= 0.3 is 5.97 Å². The summed E-state index contributed by atoms with van der Waals surface area (Å²) in [5.74, 6) is -0.663. The van der Waals surface area contributed by atoms with Crippen molar-refractivity contribution in [3.05, 3.63) is 35.3 Å². The minimum atomic E-state index is -0.524. The Morgan fingerprint density at radius 3 is 2.72 bits per heavy atom. The Morgan fingerprint density at radius 2 is 2.03 bits per heavy atom. The van der Waals surface area contributed by atoms with Crippen molar-refractivity contribution in [3.63, 3.8) is 0 Å². The van der Waals surface area contributed by atoms with Crippen LogP contribution in [-0.4, -0.2) is 51.2 Å². The molecule has 0 saturated carbocycles. The van der Waals surface area contributed by atoms with Crippen molar-refractivity contribution in [1.29, 1.82) is 0 Å². The summed E-state index contributed by atoms with van der Waals surface area (Å²) in [5.41, 5.74) is 1.72. The number of aromatic nitrogens is 3. The maximum absolute atomic E-state index is 12.9. The largest absolute Gasteiger partial charge is 0.452 e. The summed E-state index contributed by atoms with van der Waals surface area (Å²) in [6.07, 6.45) is 4.79. The first kappa shape index (κ1) is 19.6. The molecule has 0 atom stereocenters. The molecule has 1 saturated heterocycles. The third-order valence-corrected chi connectivity index (χ3v) is 5.98. The fourth-order valence-electron chi connectivity index (χ4n) is 3.56. The van der Waals surface area contributed by atoms with Gasteiger partial charge in [-0.05, 0) is 50.6 Å². The lowest BCUT2D eigenvalue weighted by Crippen LogP contribution is -2.38. The van der Waals surface area contributed by atoms with E-state index in [1.165, 1.54) is 0 Å². The number of fused-ring (bicyclic) bond motifs is 1. The number of piperidine rings is 1. The van der Waals surface area contributed by atoms with Gasteiger partial charge in [0.2, 0.25) is 0 Å². The molecule has 1 aliphatic heterocycles. The fourth-order valence-corrected chi connectivity index (χ4v) is 4.24. The third-order valence-electron chi connectivity index (χ3n) is 5.08. The molecule has 0 bridgehead atoms. The number of amides is 1. The highest BCUT2D eigenvalue weighted by molar-refractivity contribution is 7.13. The van der Waals surface area contributed by atoms with Crippen molar-refractivity contribution >= 4 is 34.2 Å². The lowest BCUT2D eigenvalue weighted by molar-refractivity contribution is -0.135.